The van der Waals surface area contributed by atoms with E-state index in [1.54, 1.807) is 0 Å². The predicted molar refractivity (Wildman–Crippen MR) is 104 cm³/mol. The number of hydrogen-bond donors (Lipinski definition) is 1. The minimum atomic E-state index is -1.77. The maximum absolute atomic E-state index is 6.11. The molecule has 0 saturated carbocycles. The smallest absolute Gasteiger partial charge is 0.248 e. The van der Waals surface area contributed by atoms with E-state index in [0.29, 0.717) is 24.5 Å². The van der Waals surface area contributed by atoms with Gasteiger partial charge in [0.05, 0.1) is 12.1 Å². The van der Waals surface area contributed by atoms with Crippen LogP contribution in [0.15, 0.2) is 18.2 Å². The van der Waals surface area contributed by atoms with E-state index < -0.39 is 12.1 Å². The van der Waals surface area contributed by atoms with Crippen molar-refractivity contribution >= 4 is 54.2 Å². The molecule has 24 heavy (non-hydrogen) atoms. The summed E-state index contributed by atoms with van der Waals surface area (Å²) in [5.74, 6) is 0.916. The van der Waals surface area contributed by atoms with Gasteiger partial charge in [0.25, 0.3) is 0 Å². The van der Waals surface area contributed by atoms with Crippen LogP contribution in [0, 0.1) is 0 Å². The number of alkyl halides is 3. The summed E-state index contributed by atoms with van der Waals surface area (Å²) in [7, 11) is -1.77. The van der Waals surface area contributed by atoms with Gasteiger partial charge in [0.15, 0.2) is 14.1 Å². The number of benzene rings is 1. The molecule has 2 rings (SSSR count). The molecule has 0 saturated heterocycles. The van der Waals surface area contributed by atoms with Crippen molar-refractivity contribution in [3.05, 3.63) is 24.0 Å². The highest BCUT2D eigenvalue weighted by Crippen LogP contribution is 2.38. The van der Waals surface area contributed by atoms with E-state index in [9.17, 15) is 0 Å². The van der Waals surface area contributed by atoms with E-state index in [2.05, 4.69) is 43.8 Å². The van der Waals surface area contributed by atoms with Crippen LogP contribution >= 0.6 is 34.8 Å². The molecule has 1 aromatic heterocycles. The number of para-hydroxylation sites is 1. The molecule has 0 aliphatic heterocycles. The van der Waals surface area contributed by atoms with E-state index in [-0.39, 0.29) is 10.9 Å². The van der Waals surface area contributed by atoms with Gasteiger partial charge in [-0.3, -0.25) is 0 Å². The van der Waals surface area contributed by atoms with Gasteiger partial charge in [-0.15, -0.1) is 0 Å². The van der Waals surface area contributed by atoms with E-state index in [4.69, 9.17) is 44.0 Å². The number of H-pyrrole nitrogens is 1. The van der Waals surface area contributed by atoms with Gasteiger partial charge in [0, 0.05) is 0 Å². The molecule has 0 unspecified atom stereocenters. The Labute approximate surface area is 158 Å². The molecule has 4 nitrogen and oxygen atoms in total. The first-order valence-electron chi connectivity index (χ1n) is 7.74. The summed E-state index contributed by atoms with van der Waals surface area (Å²) in [6.07, 6.45) is 0. The van der Waals surface area contributed by atoms with Gasteiger partial charge in [-0.1, -0.05) is 61.6 Å². The zero-order valence-corrected chi connectivity index (χ0v) is 17.8. The zero-order valence-electron chi connectivity index (χ0n) is 14.5. The van der Waals surface area contributed by atoms with Crippen molar-refractivity contribution in [1.29, 1.82) is 0 Å². The Hall–Kier alpha value is -0.463. The lowest BCUT2D eigenvalue weighted by atomic mass is 10.2. The Morgan fingerprint density at radius 1 is 1.12 bits per heavy atom. The summed E-state index contributed by atoms with van der Waals surface area (Å²) in [6, 6.07) is 5.57. The molecule has 0 fully saturated rings. The summed E-state index contributed by atoms with van der Waals surface area (Å²) < 4.78 is 10.4. The number of aromatic amines is 1. The number of imidazole rings is 1. The molecule has 0 spiro atoms. The van der Waals surface area contributed by atoms with Crippen molar-refractivity contribution in [2.75, 3.05) is 13.2 Å². The van der Waals surface area contributed by atoms with Crippen molar-refractivity contribution in [2.45, 2.75) is 42.7 Å². The zero-order chi connectivity index (χ0) is 18.2. The van der Waals surface area contributed by atoms with Gasteiger partial charge < -0.3 is 14.1 Å². The molecule has 1 aromatic carbocycles. The Kier molecular flexibility index (Phi) is 5.82. The number of hydrogen-bond acceptors (Lipinski definition) is 3. The maximum Gasteiger partial charge on any atom is 0.248 e. The predicted octanol–water partition coefficient (Wildman–Crippen LogP) is 5.79. The minimum Gasteiger partial charge on any atom is -0.489 e. The lowest BCUT2D eigenvalue weighted by Crippen LogP contribution is -2.41. The number of fused-ring (bicyclic) bond motifs is 1. The maximum atomic E-state index is 6.11. The van der Waals surface area contributed by atoms with Gasteiger partial charge >= 0.3 is 0 Å². The fourth-order valence-corrected chi connectivity index (χ4v) is 3.22. The quantitative estimate of drug-likeness (QED) is 0.386. The molecule has 0 atom stereocenters. The highest BCUT2D eigenvalue weighted by atomic mass is 35.6. The molecule has 0 radical (unpaired) electrons. The normalized spacial score (nSPS) is 13.5. The third kappa shape index (κ3) is 4.58. The molecule has 2 aromatic rings. The van der Waals surface area contributed by atoms with Crippen LogP contribution in [-0.4, -0.2) is 31.5 Å². The van der Waals surface area contributed by atoms with E-state index in [1.165, 1.54) is 0 Å². The first-order valence-corrected chi connectivity index (χ1v) is 11.8. The molecule has 1 heterocycles. The number of ether oxygens (including phenoxy) is 1. The van der Waals surface area contributed by atoms with Crippen LogP contribution in [0.4, 0.5) is 0 Å². The third-order valence-corrected chi connectivity index (χ3v) is 9.43. The standard InChI is InChI=1S/C16H23Cl3N2O2Si/c1-15(2,3)24(4,5)23-10-9-22-12-8-6-7-11-13(12)21-14(20-11)16(17,18)19/h6-8H,9-10H2,1-5H3,(H,20,21). The van der Waals surface area contributed by atoms with Crippen LogP contribution in [0.3, 0.4) is 0 Å². The van der Waals surface area contributed by atoms with Crippen LogP contribution in [0.1, 0.15) is 26.6 Å². The van der Waals surface area contributed by atoms with Crippen molar-refractivity contribution < 1.29 is 9.16 Å². The summed E-state index contributed by atoms with van der Waals surface area (Å²) in [6.45, 7) is 12.0. The van der Waals surface area contributed by atoms with E-state index >= 15 is 0 Å². The molecule has 0 aliphatic carbocycles. The monoisotopic (exact) mass is 408 g/mol. The number of nitrogens with one attached hydrogen (secondary N) is 1. The summed E-state index contributed by atoms with van der Waals surface area (Å²) in [5, 5.41) is 0.175. The number of halogens is 3. The fourth-order valence-electron chi connectivity index (χ4n) is 1.92. The number of rotatable bonds is 5. The van der Waals surface area contributed by atoms with E-state index in [1.807, 2.05) is 18.2 Å². The van der Waals surface area contributed by atoms with Gasteiger partial charge in [-0.25, -0.2) is 4.98 Å². The molecule has 0 aliphatic rings. The molecular formula is C16H23Cl3N2O2Si. The third-order valence-electron chi connectivity index (χ3n) is 4.35. The molecule has 8 heteroatoms. The second-order valence-corrected chi connectivity index (χ2v) is 14.3. The van der Waals surface area contributed by atoms with Crippen LogP contribution in [0.2, 0.25) is 18.1 Å². The Morgan fingerprint density at radius 3 is 2.38 bits per heavy atom. The highest BCUT2D eigenvalue weighted by molar-refractivity contribution is 6.74. The van der Waals surface area contributed by atoms with Crippen LogP contribution in [0.5, 0.6) is 5.75 Å². The molecule has 0 amide bonds. The number of aromatic nitrogens is 2. The molecular weight excluding hydrogens is 387 g/mol. The fraction of sp³-hybridized carbons (Fsp3) is 0.562. The van der Waals surface area contributed by atoms with Crippen molar-refractivity contribution in [1.82, 2.24) is 9.97 Å². The molecule has 134 valence electrons. The first-order chi connectivity index (χ1) is 10.9. The Morgan fingerprint density at radius 2 is 1.79 bits per heavy atom. The van der Waals surface area contributed by atoms with Crippen molar-refractivity contribution in [2.24, 2.45) is 0 Å². The number of nitrogens with zero attached hydrogens (tertiary/aromatic N) is 1. The van der Waals surface area contributed by atoms with Crippen molar-refractivity contribution in [3.63, 3.8) is 0 Å². The summed E-state index contributed by atoms with van der Waals surface area (Å²) in [4.78, 5) is 7.34. The van der Waals surface area contributed by atoms with Gasteiger partial charge in [-0.05, 0) is 30.3 Å². The van der Waals surface area contributed by atoms with E-state index in [0.717, 1.165) is 5.52 Å². The molecule has 0 bridgehead atoms. The molecule has 1 N–H and O–H groups in total. The summed E-state index contributed by atoms with van der Waals surface area (Å²) >= 11 is 17.6. The first kappa shape index (κ1) is 19.9. The largest absolute Gasteiger partial charge is 0.489 e. The Bertz CT molecular complexity index is 705. The van der Waals surface area contributed by atoms with Crippen LogP contribution in [-0.2, 0) is 8.22 Å². The summed E-state index contributed by atoms with van der Waals surface area (Å²) in [5.41, 5.74) is 1.41. The highest BCUT2D eigenvalue weighted by Gasteiger charge is 2.37. The SMILES string of the molecule is CC(C)(C)[Si](C)(C)OCCOc1cccc2[nH]c(C(Cl)(Cl)Cl)nc12. The lowest BCUT2D eigenvalue weighted by Gasteiger charge is -2.36. The average Bonchev–Trinajstić information content (AvgIpc) is 2.87. The topological polar surface area (TPSA) is 47.1 Å². The minimum absolute atomic E-state index is 0.175. The van der Waals surface area contributed by atoms with Gasteiger partial charge in [-0.2, -0.15) is 0 Å². The van der Waals surface area contributed by atoms with Gasteiger partial charge in [0.1, 0.15) is 17.9 Å². The van der Waals surface area contributed by atoms with Crippen LogP contribution < -0.4 is 4.74 Å². The lowest BCUT2D eigenvalue weighted by molar-refractivity contribution is 0.204. The second kappa shape index (κ2) is 7.04. The average molecular weight is 410 g/mol. The van der Waals surface area contributed by atoms with Crippen LogP contribution in [0.25, 0.3) is 11.0 Å². The second-order valence-electron chi connectivity index (χ2n) is 7.19. The van der Waals surface area contributed by atoms with Gasteiger partial charge in [0.2, 0.25) is 3.79 Å². The Balaban J connectivity index is 2.05. The van der Waals surface area contributed by atoms with Crippen molar-refractivity contribution in [3.8, 4) is 5.75 Å².